The molecular formula is C11H19N3O3S. The number of sulfonamides is 1. The Morgan fingerprint density at radius 1 is 1.50 bits per heavy atom. The summed E-state index contributed by atoms with van der Waals surface area (Å²) >= 11 is 0. The Balaban J connectivity index is 2.23. The van der Waals surface area contributed by atoms with E-state index in [-0.39, 0.29) is 12.5 Å². The van der Waals surface area contributed by atoms with Crippen molar-refractivity contribution in [2.24, 2.45) is 5.92 Å². The second-order valence-electron chi connectivity index (χ2n) is 4.79. The highest BCUT2D eigenvalue weighted by atomic mass is 32.2. The van der Waals surface area contributed by atoms with Crippen LogP contribution in [0.2, 0.25) is 0 Å². The first-order valence-corrected chi connectivity index (χ1v) is 7.53. The molecule has 1 aliphatic rings. The lowest BCUT2D eigenvalue weighted by molar-refractivity contribution is 0.259. The Morgan fingerprint density at radius 3 is 2.78 bits per heavy atom. The van der Waals surface area contributed by atoms with E-state index in [0.29, 0.717) is 35.8 Å². The van der Waals surface area contributed by atoms with E-state index in [1.807, 2.05) is 0 Å². The van der Waals surface area contributed by atoms with Crippen LogP contribution in [0.4, 0.5) is 0 Å². The summed E-state index contributed by atoms with van der Waals surface area (Å²) in [6, 6.07) is 0. The van der Waals surface area contributed by atoms with Crippen molar-refractivity contribution in [3.05, 3.63) is 11.4 Å². The van der Waals surface area contributed by atoms with Gasteiger partial charge in [-0.25, -0.2) is 8.42 Å². The molecule has 0 bridgehead atoms. The molecule has 0 spiro atoms. The van der Waals surface area contributed by atoms with Gasteiger partial charge >= 0.3 is 0 Å². The Kier molecular flexibility index (Phi) is 3.74. The van der Waals surface area contributed by atoms with E-state index >= 15 is 0 Å². The third-order valence-electron chi connectivity index (χ3n) is 3.44. The number of aliphatic hydroxyl groups is 1. The van der Waals surface area contributed by atoms with Gasteiger partial charge in [0.05, 0.1) is 11.4 Å². The second kappa shape index (κ2) is 4.99. The first kappa shape index (κ1) is 13.5. The molecule has 102 valence electrons. The fourth-order valence-corrected chi connectivity index (χ4v) is 4.35. The standard InChI is InChI=1S/C11H19N3O3S/c1-8-11(9(2)13-12-8)18(16,17)14-5-3-10(7-14)4-6-15/h10,15H,3-7H2,1-2H3,(H,12,13). The second-order valence-corrected chi connectivity index (χ2v) is 6.67. The fraction of sp³-hybridized carbons (Fsp3) is 0.727. The zero-order valence-electron chi connectivity index (χ0n) is 10.7. The Hall–Kier alpha value is -0.920. The van der Waals surface area contributed by atoms with Crippen LogP contribution in [0.3, 0.4) is 0 Å². The minimum Gasteiger partial charge on any atom is -0.396 e. The average Bonchev–Trinajstić information content (AvgIpc) is 2.87. The van der Waals surface area contributed by atoms with Crippen LogP contribution >= 0.6 is 0 Å². The van der Waals surface area contributed by atoms with E-state index in [1.54, 1.807) is 13.8 Å². The summed E-state index contributed by atoms with van der Waals surface area (Å²) in [6.45, 7) is 4.54. The van der Waals surface area contributed by atoms with Crippen molar-refractivity contribution < 1.29 is 13.5 Å². The molecule has 18 heavy (non-hydrogen) atoms. The van der Waals surface area contributed by atoms with Crippen molar-refractivity contribution in [1.29, 1.82) is 0 Å². The molecule has 1 fully saturated rings. The zero-order valence-corrected chi connectivity index (χ0v) is 11.5. The third kappa shape index (κ3) is 2.30. The molecule has 1 aliphatic heterocycles. The van der Waals surface area contributed by atoms with Crippen molar-refractivity contribution >= 4 is 10.0 Å². The lowest BCUT2D eigenvalue weighted by Crippen LogP contribution is -2.29. The number of hydrogen-bond donors (Lipinski definition) is 2. The van der Waals surface area contributed by atoms with Crippen LogP contribution in [0, 0.1) is 19.8 Å². The van der Waals surface area contributed by atoms with E-state index in [4.69, 9.17) is 5.11 Å². The number of aliphatic hydroxyl groups excluding tert-OH is 1. The van der Waals surface area contributed by atoms with Gasteiger partial charge in [0.1, 0.15) is 4.90 Å². The van der Waals surface area contributed by atoms with Gasteiger partial charge in [0, 0.05) is 19.7 Å². The summed E-state index contributed by atoms with van der Waals surface area (Å²) in [5.74, 6) is 0.261. The number of aromatic amines is 1. The minimum atomic E-state index is -3.45. The van der Waals surface area contributed by atoms with Gasteiger partial charge in [0.25, 0.3) is 0 Å². The van der Waals surface area contributed by atoms with Crippen molar-refractivity contribution in [3.8, 4) is 0 Å². The summed E-state index contributed by atoms with van der Waals surface area (Å²) < 4.78 is 26.5. The molecule has 7 heteroatoms. The molecule has 0 aliphatic carbocycles. The van der Waals surface area contributed by atoms with E-state index in [2.05, 4.69) is 10.2 Å². The smallest absolute Gasteiger partial charge is 0.246 e. The van der Waals surface area contributed by atoms with Crippen LogP contribution in [-0.2, 0) is 10.0 Å². The predicted molar refractivity (Wildman–Crippen MR) is 66.6 cm³/mol. The van der Waals surface area contributed by atoms with Crippen molar-refractivity contribution in [2.45, 2.75) is 31.6 Å². The molecule has 0 aromatic carbocycles. The van der Waals surface area contributed by atoms with E-state index in [9.17, 15) is 8.42 Å². The molecule has 1 saturated heterocycles. The van der Waals surface area contributed by atoms with Crippen LogP contribution in [0.1, 0.15) is 24.2 Å². The van der Waals surface area contributed by atoms with Gasteiger partial charge < -0.3 is 5.11 Å². The number of rotatable bonds is 4. The third-order valence-corrected chi connectivity index (χ3v) is 5.57. The summed E-state index contributed by atoms with van der Waals surface area (Å²) in [6.07, 6.45) is 1.48. The van der Waals surface area contributed by atoms with Crippen LogP contribution in [0.25, 0.3) is 0 Å². The minimum absolute atomic E-state index is 0.113. The van der Waals surface area contributed by atoms with Crippen LogP contribution in [0.15, 0.2) is 4.90 Å². The zero-order chi connectivity index (χ0) is 13.3. The Labute approximate surface area is 107 Å². The number of hydrogen-bond acceptors (Lipinski definition) is 4. The summed E-state index contributed by atoms with van der Waals surface area (Å²) in [7, 11) is -3.45. The highest BCUT2D eigenvalue weighted by Crippen LogP contribution is 2.28. The van der Waals surface area contributed by atoms with Gasteiger partial charge in [0.15, 0.2) is 0 Å². The molecular weight excluding hydrogens is 254 g/mol. The molecule has 1 unspecified atom stereocenters. The van der Waals surface area contributed by atoms with Crippen molar-refractivity contribution in [3.63, 3.8) is 0 Å². The molecule has 2 N–H and O–H groups in total. The molecule has 1 aromatic heterocycles. The van der Waals surface area contributed by atoms with Crippen molar-refractivity contribution in [1.82, 2.24) is 14.5 Å². The maximum atomic E-state index is 12.5. The lowest BCUT2D eigenvalue weighted by Gasteiger charge is -2.16. The Bertz CT molecular complexity index is 504. The molecule has 1 atom stereocenters. The lowest BCUT2D eigenvalue weighted by atomic mass is 10.1. The van der Waals surface area contributed by atoms with Gasteiger partial charge in [-0.1, -0.05) is 0 Å². The number of aromatic nitrogens is 2. The highest BCUT2D eigenvalue weighted by molar-refractivity contribution is 7.89. The largest absolute Gasteiger partial charge is 0.396 e. The maximum absolute atomic E-state index is 12.5. The van der Waals surface area contributed by atoms with E-state index < -0.39 is 10.0 Å². The summed E-state index contributed by atoms with van der Waals surface area (Å²) in [5.41, 5.74) is 1.09. The van der Waals surface area contributed by atoms with Gasteiger partial charge in [-0.15, -0.1) is 0 Å². The first-order chi connectivity index (χ1) is 8.46. The average molecular weight is 273 g/mol. The van der Waals surface area contributed by atoms with Crippen molar-refractivity contribution in [2.75, 3.05) is 19.7 Å². The normalized spacial score (nSPS) is 21.6. The molecule has 0 amide bonds. The maximum Gasteiger partial charge on any atom is 0.246 e. The van der Waals surface area contributed by atoms with E-state index in [1.165, 1.54) is 4.31 Å². The SMILES string of the molecule is Cc1n[nH]c(C)c1S(=O)(=O)N1CCC(CCO)C1. The van der Waals surface area contributed by atoms with Crippen LogP contribution < -0.4 is 0 Å². The van der Waals surface area contributed by atoms with Gasteiger partial charge in [0.2, 0.25) is 10.0 Å². The highest BCUT2D eigenvalue weighted by Gasteiger charge is 2.34. The fourth-order valence-electron chi connectivity index (χ4n) is 2.48. The topological polar surface area (TPSA) is 86.3 Å². The Morgan fingerprint density at radius 2 is 2.22 bits per heavy atom. The van der Waals surface area contributed by atoms with Gasteiger partial charge in [-0.3, -0.25) is 5.10 Å². The predicted octanol–water partition coefficient (Wildman–Crippen LogP) is 0.420. The molecule has 2 rings (SSSR count). The molecule has 1 aromatic rings. The first-order valence-electron chi connectivity index (χ1n) is 6.09. The summed E-state index contributed by atoms with van der Waals surface area (Å²) in [5, 5.41) is 15.6. The molecule has 6 nitrogen and oxygen atoms in total. The van der Waals surface area contributed by atoms with E-state index in [0.717, 1.165) is 6.42 Å². The van der Waals surface area contributed by atoms with Crippen LogP contribution in [0.5, 0.6) is 0 Å². The van der Waals surface area contributed by atoms with Crippen LogP contribution in [-0.4, -0.2) is 47.7 Å². The summed E-state index contributed by atoms with van der Waals surface area (Å²) in [4.78, 5) is 0.298. The monoisotopic (exact) mass is 273 g/mol. The molecule has 0 saturated carbocycles. The number of aryl methyl sites for hydroxylation is 2. The molecule has 0 radical (unpaired) electrons. The molecule has 2 heterocycles. The number of nitrogens with one attached hydrogen (secondary N) is 1. The quantitative estimate of drug-likeness (QED) is 0.832. The number of nitrogens with zero attached hydrogens (tertiary/aromatic N) is 2. The van der Waals surface area contributed by atoms with Gasteiger partial charge in [-0.05, 0) is 32.6 Å². The van der Waals surface area contributed by atoms with Gasteiger partial charge in [-0.2, -0.15) is 9.40 Å². The number of H-pyrrole nitrogens is 1.